The third-order valence-corrected chi connectivity index (χ3v) is 3.27. The molecule has 1 aliphatic rings. The maximum atomic E-state index is 12.0. The Hall–Kier alpha value is -2.78. The first kappa shape index (κ1) is 16.6. The number of nitro groups is 1. The van der Waals surface area contributed by atoms with Crippen LogP contribution in [0.1, 0.15) is 5.56 Å². The van der Waals surface area contributed by atoms with Crippen LogP contribution in [-0.4, -0.2) is 48.6 Å². The number of methoxy groups -OCH3 is 2. The van der Waals surface area contributed by atoms with E-state index in [0.717, 1.165) is 14.2 Å². The molecule has 0 aromatic heterocycles. The molecule has 0 bridgehead atoms. The quantitative estimate of drug-likeness (QED) is 0.480. The van der Waals surface area contributed by atoms with Crippen molar-refractivity contribution >= 4 is 23.2 Å². The van der Waals surface area contributed by atoms with Gasteiger partial charge in [-0.25, -0.2) is 9.59 Å². The Balaban J connectivity index is 2.54. The Morgan fingerprint density at radius 1 is 1.22 bits per heavy atom. The summed E-state index contributed by atoms with van der Waals surface area (Å²) < 4.78 is 14.2. The number of benzene rings is 1. The molecule has 0 amide bonds. The van der Waals surface area contributed by atoms with Crippen molar-refractivity contribution in [2.75, 3.05) is 14.2 Å². The summed E-state index contributed by atoms with van der Waals surface area (Å²) in [7, 11) is 2.22. The van der Waals surface area contributed by atoms with E-state index < -0.39 is 29.3 Å². The molecule has 2 atom stereocenters. The highest BCUT2D eigenvalue weighted by molar-refractivity contribution is 6.06. The molecule has 1 aliphatic heterocycles. The van der Waals surface area contributed by atoms with Crippen molar-refractivity contribution in [3.05, 3.63) is 45.5 Å². The molecular weight excluding hydrogens is 310 g/mol. The van der Waals surface area contributed by atoms with Crippen LogP contribution in [0.5, 0.6) is 0 Å². The van der Waals surface area contributed by atoms with Gasteiger partial charge in [-0.1, -0.05) is 0 Å². The van der Waals surface area contributed by atoms with Gasteiger partial charge in [0.2, 0.25) is 0 Å². The highest BCUT2D eigenvalue weighted by Crippen LogP contribution is 2.35. The Morgan fingerprint density at radius 2 is 1.83 bits per heavy atom. The molecule has 1 aromatic carbocycles. The number of carbonyl (C=O) groups is 2. The van der Waals surface area contributed by atoms with Crippen molar-refractivity contribution in [3.63, 3.8) is 0 Å². The van der Waals surface area contributed by atoms with Crippen LogP contribution in [0.4, 0.5) is 5.69 Å². The van der Waals surface area contributed by atoms with Crippen LogP contribution in [0.25, 0.3) is 5.57 Å². The van der Waals surface area contributed by atoms with Gasteiger partial charge >= 0.3 is 11.9 Å². The highest BCUT2D eigenvalue weighted by Gasteiger charge is 2.43. The molecule has 1 N–H and O–H groups in total. The lowest BCUT2D eigenvalue weighted by Gasteiger charge is -2.10. The monoisotopic (exact) mass is 323 g/mol. The van der Waals surface area contributed by atoms with Crippen LogP contribution >= 0.6 is 0 Å². The first-order chi connectivity index (χ1) is 10.9. The number of esters is 2. The van der Waals surface area contributed by atoms with Gasteiger partial charge in [-0.05, 0) is 17.7 Å². The fourth-order valence-electron chi connectivity index (χ4n) is 2.21. The van der Waals surface area contributed by atoms with Crippen LogP contribution in [0, 0.1) is 10.1 Å². The Kier molecular flexibility index (Phi) is 4.72. The molecule has 0 spiro atoms. The van der Waals surface area contributed by atoms with E-state index in [2.05, 4.69) is 9.47 Å². The molecule has 2 rings (SSSR count). The first-order valence-corrected chi connectivity index (χ1v) is 6.39. The van der Waals surface area contributed by atoms with Gasteiger partial charge in [0.15, 0.2) is 12.4 Å². The standard InChI is InChI=1S/C14H13NO8/c1-21-12(16)10-9(13(17)23-11(10)14(18)22-2)7-3-5-8(6-4-7)15(19)20/h3-6,11,13,17H,1-2H3/t11-,13-/m1/s1. The Bertz CT molecular complexity index is 679. The second-order valence-electron chi connectivity index (χ2n) is 4.51. The van der Waals surface area contributed by atoms with Gasteiger partial charge in [-0.2, -0.15) is 0 Å². The molecule has 0 unspecified atom stereocenters. The lowest BCUT2D eigenvalue weighted by Crippen LogP contribution is -2.29. The van der Waals surface area contributed by atoms with Crippen LogP contribution in [-0.2, 0) is 23.8 Å². The predicted octanol–water partition coefficient (Wildman–Crippen LogP) is 0.412. The topological polar surface area (TPSA) is 125 Å². The van der Waals surface area contributed by atoms with E-state index in [-0.39, 0.29) is 22.4 Å². The molecule has 0 saturated heterocycles. The van der Waals surface area contributed by atoms with E-state index in [0.29, 0.717) is 0 Å². The molecule has 9 heteroatoms. The van der Waals surface area contributed by atoms with Crippen LogP contribution in [0.3, 0.4) is 0 Å². The molecule has 1 heterocycles. The zero-order valence-electron chi connectivity index (χ0n) is 12.2. The summed E-state index contributed by atoms with van der Waals surface area (Å²) in [6, 6.07) is 5.08. The fraction of sp³-hybridized carbons (Fsp3) is 0.286. The summed E-state index contributed by atoms with van der Waals surface area (Å²) in [6.07, 6.45) is -3.01. The number of rotatable bonds is 4. The molecule has 122 valence electrons. The number of carbonyl (C=O) groups excluding carboxylic acids is 2. The molecule has 9 nitrogen and oxygen atoms in total. The van der Waals surface area contributed by atoms with E-state index in [1.54, 1.807) is 0 Å². The largest absolute Gasteiger partial charge is 0.467 e. The molecule has 0 aliphatic carbocycles. The second kappa shape index (κ2) is 6.55. The van der Waals surface area contributed by atoms with E-state index in [1.807, 2.05) is 0 Å². The summed E-state index contributed by atoms with van der Waals surface area (Å²) in [5.74, 6) is -1.74. The van der Waals surface area contributed by atoms with Crippen molar-refractivity contribution in [2.24, 2.45) is 0 Å². The molecular formula is C14H13NO8. The number of hydrogen-bond donors (Lipinski definition) is 1. The smallest absolute Gasteiger partial charge is 0.340 e. The molecule has 0 saturated carbocycles. The Labute approximate surface area is 130 Å². The van der Waals surface area contributed by atoms with Gasteiger partial charge in [-0.3, -0.25) is 10.1 Å². The summed E-state index contributed by atoms with van der Waals surface area (Å²) >= 11 is 0. The van der Waals surface area contributed by atoms with E-state index in [1.165, 1.54) is 24.3 Å². The molecule has 0 fully saturated rings. The number of hydrogen-bond acceptors (Lipinski definition) is 8. The van der Waals surface area contributed by atoms with Crippen LogP contribution < -0.4 is 0 Å². The van der Waals surface area contributed by atoms with Gasteiger partial charge in [0.05, 0.1) is 24.7 Å². The van der Waals surface area contributed by atoms with E-state index in [9.17, 15) is 24.8 Å². The van der Waals surface area contributed by atoms with E-state index >= 15 is 0 Å². The number of aliphatic hydroxyl groups excluding tert-OH is 1. The number of nitrogens with zero attached hydrogens (tertiary/aromatic N) is 1. The lowest BCUT2D eigenvalue weighted by atomic mass is 9.98. The minimum atomic E-state index is -1.57. The average molecular weight is 323 g/mol. The van der Waals surface area contributed by atoms with Crippen LogP contribution in [0.2, 0.25) is 0 Å². The molecule has 23 heavy (non-hydrogen) atoms. The second-order valence-corrected chi connectivity index (χ2v) is 4.51. The minimum absolute atomic E-state index is 0.00199. The van der Waals surface area contributed by atoms with Crippen molar-refractivity contribution in [2.45, 2.75) is 12.4 Å². The number of non-ortho nitro benzene ring substituents is 1. The zero-order chi connectivity index (χ0) is 17.1. The lowest BCUT2D eigenvalue weighted by molar-refractivity contribution is -0.384. The minimum Gasteiger partial charge on any atom is -0.467 e. The van der Waals surface area contributed by atoms with Crippen molar-refractivity contribution in [3.8, 4) is 0 Å². The number of aliphatic hydroxyl groups is 1. The number of ether oxygens (including phenoxy) is 3. The summed E-state index contributed by atoms with van der Waals surface area (Å²) in [6.45, 7) is 0. The van der Waals surface area contributed by atoms with Crippen molar-refractivity contribution < 1.29 is 33.8 Å². The normalized spacial score (nSPS) is 20.3. The zero-order valence-corrected chi connectivity index (χ0v) is 12.2. The number of nitro benzene ring substituents is 1. The van der Waals surface area contributed by atoms with Gasteiger partial charge < -0.3 is 19.3 Å². The first-order valence-electron chi connectivity index (χ1n) is 6.39. The maximum absolute atomic E-state index is 12.0. The van der Waals surface area contributed by atoms with Gasteiger partial charge in [0.1, 0.15) is 0 Å². The van der Waals surface area contributed by atoms with Crippen molar-refractivity contribution in [1.82, 2.24) is 0 Å². The maximum Gasteiger partial charge on any atom is 0.340 e. The average Bonchev–Trinajstić information content (AvgIpc) is 2.90. The Morgan fingerprint density at radius 3 is 2.30 bits per heavy atom. The van der Waals surface area contributed by atoms with Gasteiger partial charge in [0, 0.05) is 17.7 Å². The van der Waals surface area contributed by atoms with Gasteiger partial charge in [-0.15, -0.1) is 0 Å². The molecule has 1 aromatic rings. The van der Waals surface area contributed by atoms with Crippen LogP contribution in [0.15, 0.2) is 29.8 Å². The summed E-state index contributed by atoms with van der Waals surface area (Å²) in [5.41, 5.74) is -0.0790. The SMILES string of the molecule is COC(=O)C1=C(c2ccc([N+](=O)[O-])cc2)[C@H](O)O[C@H]1C(=O)OC. The van der Waals surface area contributed by atoms with E-state index in [4.69, 9.17) is 4.74 Å². The highest BCUT2D eigenvalue weighted by atomic mass is 16.6. The third kappa shape index (κ3) is 3.05. The fourth-order valence-corrected chi connectivity index (χ4v) is 2.21. The van der Waals surface area contributed by atoms with Crippen molar-refractivity contribution in [1.29, 1.82) is 0 Å². The third-order valence-electron chi connectivity index (χ3n) is 3.27. The summed E-state index contributed by atoms with van der Waals surface area (Å²) in [5, 5.41) is 20.7. The molecule has 0 radical (unpaired) electrons. The predicted molar refractivity (Wildman–Crippen MR) is 74.9 cm³/mol. The van der Waals surface area contributed by atoms with Gasteiger partial charge in [0.25, 0.3) is 5.69 Å². The summed E-state index contributed by atoms with van der Waals surface area (Å²) in [4.78, 5) is 33.8.